The van der Waals surface area contributed by atoms with Crippen LogP contribution in [0.1, 0.15) is 5.56 Å². The Morgan fingerprint density at radius 2 is 1.80 bits per heavy atom. The Morgan fingerprint density at radius 3 is 2.50 bits per heavy atom. The summed E-state index contributed by atoms with van der Waals surface area (Å²) in [4.78, 5) is 3.91. The van der Waals surface area contributed by atoms with E-state index in [4.69, 9.17) is 0 Å². The average molecular weight is 294 g/mol. The highest BCUT2D eigenvalue weighted by atomic mass is 32.1. The number of pyridine rings is 1. The first-order valence-corrected chi connectivity index (χ1v) is 6.67. The first kappa shape index (κ1) is 12.9. The Hall–Kier alpha value is -2.08. The Kier molecular flexibility index (Phi) is 3.10. The van der Waals surface area contributed by atoms with Crippen LogP contribution < -0.4 is 5.32 Å². The van der Waals surface area contributed by atoms with E-state index in [1.165, 1.54) is 23.5 Å². The normalized spacial score (nSPS) is 11.8. The number of thiophene rings is 1. The van der Waals surface area contributed by atoms with Gasteiger partial charge in [-0.1, -0.05) is 6.07 Å². The molecular formula is C14H9F3N2S. The van der Waals surface area contributed by atoms with E-state index in [2.05, 4.69) is 10.3 Å². The van der Waals surface area contributed by atoms with Crippen molar-refractivity contribution in [2.45, 2.75) is 6.18 Å². The van der Waals surface area contributed by atoms with Gasteiger partial charge in [-0.3, -0.25) is 4.98 Å². The maximum absolute atomic E-state index is 12.7. The lowest BCUT2D eigenvalue weighted by molar-refractivity contribution is -0.137. The van der Waals surface area contributed by atoms with Crippen LogP contribution in [0.2, 0.25) is 0 Å². The first-order chi connectivity index (χ1) is 9.54. The van der Waals surface area contributed by atoms with E-state index in [0.29, 0.717) is 4.70 Å². The molecule has 0 saturated carbocycles. The molecule has 20 heavy (non-hydrogen) atoms. The van der Waals surface area contributed by atoms with Gasteiger partial charge in [0.25, 0.3) is 0 Å². The third kappa shape index (κ3) is 2.46. The smallest absolute Gasteiger partial charge is 0.354 e. The maximum Gasteiger partial charge on any atom is 0.416 e. The molecule has 0 bridgehead atoms. The van der Waals surface area contributed by atoms with Gasteiger partial charge in [0.1, 0.15) is 0 Å². The number of alkyl halides is 3. The Bertz CT molecular complexity index is 735. The molecule has 0 spiro atoms. The number of nitrogens with one attached hydrogen (secondary N) is 1. The largest absolute Gasteiger partial charge is 0.416 e. The van der Waals surface area contributed by atoms with Crippen molar-refractivity contribution >= 4 is 32.8 Å². The minimum atomic E-state index is -4.31. The SMILES string of the molecule is FC(F)(F)c1ccc2c(Nc3ccncc3)csc2c1. The van der Waals surface area contributed by atoms with Gasteiger partial charge in [0, 0.05) is 33.5 Å². The molecule has 3 aromatic rings. The molecule has 2 aromatic heterocycles. The molecule has 1 N–H and O–H groups in total. The number of anilines is 2. The van der Waals surface area contributed by atoms with Gasteiger partial charge in [0.15, 0.2) is 0 Å². The van der Waals surface area contributed by atoms with Crippen LogP contribution in [0.5, 0.6) is 0 Å². The summed E-state index contributed by atoms with van der Waals surface area (Å²) in [6.07, 6.45) is -1.01. The summed E-state index contributed by atoms with van der Waals surface area (Å²) in [5.41, 5.74) is 1.02. The monoisotopic (exact) mass is 294 g/mol. The van der Waals surface area contributed by atoms with Crippen molar-refractivity contribution in [2.24, 2.45) is 0 Å². The molecule has 102 valence electrons. The lowest BCUT2D eigenvalue weighted by Gasteiger charge is -2.07. The Labute approximate surface area is 116 Å². The lowest BCUT2D eigenvalue weighted by Crippen LogP contribution is -2.03. The minimum Gasteiger partial charge on any atom is -0.354 e. The topological polar surface area (TPSA) is 24.9 Å². The van der Waals surface area contributed by atoms with Gasteiger partial charge in [-0.25, -0.2) is 0 Å². The predicted octanol–water partition coefficient (Wildman–Crippen LogP) is 5.06. The second kappa shape index (κ2) is 4.79. The van der Waals surface area contributed by atoms with Gasteiger partial charge in [-0.15, -0.1) is 11.3 Å². The number of aromatic nitrogens is 1. The van der Waals surface area contributed by atoms with Crippen LogP contribution in [-0.2, 0) is 6.18 Å². The van der Waals surface area contributed by atoms with Crippen molar-refractivity contribution in [3.8, 4) is 0 Å². The van der Waals surface area contributed by atoms with E-state index in [-0.39, 0.29) is 0 Å². The molecule has 2 nitrogen and oxygen atoms in total. The van der Waals surface area contributed by atoms with E-state index in [9.17, 15) is 13.2 Å². The fourth-order valence-corrected chi connectivity index (χ4v) is 2.82. The van der Waals surface area contributed by atoms with E-state index in [1.54, 1.807) is 24.5 Å². The lowest BCUT2D eigenvalue weighted by atomic mass is 10.1. The summed E-state index contributed by atoms with van der Waals surface area (Å²) >= 11 is 1.29. The molecule has 0 atom stereocenters. The second-order valence-corrected chi connectivity index (χ2v) is 5.13. The quantitative estimate of drug-likeness (QED) is 0.714. The number of fused-ring (bicyclic) bond motifs is 1. The molecule has 1 aromatic carbocycles. The highest BCUT2D eigenvalue weighted by Gasteiger charge is 2.30. The number of hydrogen-bond donors (Lipinski definition) is 1. The van der Waals surface area contributed by atoms with Gasteiger partial charge in [0.2, 0.25) is 0 Å². The number of nitrogens with zero attached hydrogens (tertiary/aromatic N) is 1. The minimum absolute atomic E-state index is 0.608. The van der Waals surface area contributed by atoms with Crippen LogP contribution >= 0.6 is 11.3 Å². The second-order valence-electron chi connectivity index (χ2n) is 4.22. The fourth-order valence-electron chi connectivity index (χ4n) is 1.89. The van der Waals surface area contributed by atoms with Crippen LogP contribution in [0.4, 0.5) is 24.5 Å². The van der Waals surface area contributed by atoms with Crippen LogP contribution in [0.3, 0.4) is 0 Å². The predicted molar refractivity (Wildman–Crippen MR) is 74.3 cm³/mol. The zero-order valence-corrected chi connectivity index (χ0v) is 10.9. The molecule has 0 aliphatic heterocycles. The van der Waals surface area contributed by atoms with E-state index in [0.717, 1.165) is 22.8 Å². The molecule has 0 saturated heterocycles. The fraction of sp³-hybridized carbons (Fsp3) is 0.0714. The van der Waals surface area contributed by atoms with Crippen LogP contribution in [0.15, 0.2) is 48.1 Å². The zero-order chi connectivity index (χ0) is 14.2. The van der Waals surface area contributed by atoms with Crippen molar-refractivity contribution in [1.29, 1.82) is 0 Å². The van der Waals surface area contributed by atoms with Gasteiger partial charge in [-0.2, -0.15) is 13.2 Å². The first-order valence-electron chi connectivity index (χ1n) is 5.79. The molecule has 2 heterocycles. The van der Waals surface area contributed by atoms with Crippen LogP contribution in [0, 0.1) is 0 Å². The third-order valence-corrected chi connectivity index (χ3v) is 3.81. The van der Waals surface area contributed by atoms with E-state index < -0.39 is 11.7 Å². The molecule has 0 unspecified atom stereocenters. The highest BCUT2D eigenvalue weighted by molar-refractivity contribution is 7.17. The summed E-state index contributed by atoms with van der Waals surface area (Å²) in [7, 11) is 0. The summed E-state index contributed by atoms with van der Waals surface area (Å²) in [5.74, 6) is 0. The van der Waals surface area contributed by atoms with Gasteiger partial charge < -0.3 is 5.32 Å². The van der Waals surface area contributed by atoms with Crippen molar-refractivity contribution in [1.82, 2.24) is 4.98 Å². The molecule has 0 aliphatic rings. The molecule has 6 heteroatoms. The molecule has 3 rings (SSSR count). The van der Waals surface area contributed by atoms with E-state index in [1.807, 2.05) is 5.38 Å². The molecule has 0 aliphatic carbocycles. The number of hydrogen-bond acceptors (Lipinski definition) is 3. The van der Waals surface area contributed by atoms with Crippen molar-refractivity contribution in [3.05, 3.63) is 53.7 Å². The Morgan fingerprint density at radius 1 is 1.05 bits per heavy atom. The van der Waals surface area contributed by atoms with Crippen LogP contribution in [0.25, 0.3) is 10.1 Å². The highest BCUT2D eigenvalue weighted by Crippen LogP contribution is 2.37. The average Bonchev–Trinajstić information content (AvgIpc) is 2.81. The molecule has 0 fully saturated rings. The summed E-state index contributed by atoms with van der Waals surface area (Å²) < 4.78 is 38.6. The number of halogens is 3. The number of rotatable bonds is 2. The maximum atomic E-state index is 12.7. The van der Waals surface area contributed by atoms with Gasteiger partial charge in [0.05, 0.1) is 11.3 Å². The third-order valence-electron chi connectivity index (χ3n) is 2.86. The standard InChI is InChI=1S/C14H9F3N2S/c15-14(16,17)9-1-2-11-12(8-20-13(11)7-9)19-10-3-5-18-6-4-10/h1-8H,(H,18,19). The molecular weight excluding hydrogens is 285 g/mol. The van der Waals surface area contributed by atoms with E-state index >= 15 is 0 Å². The van der Waals surface area contributed by atoms with Crippen molar-refractivity contribution < 1.29 is 13.2 Å². The number of benzene rings is 1. The molecule has 0 amide bonds. The van der Waals surface area contributed by atoms with Gasteiger partial charge >= 0.3 is 6.18 Å². The zero-order valence-electron chi connectivity index (χ0n) is 10.1. The van der Waals surface area contributed by atoms with Crippen molar-refractivity contribution in [2.75, 3.05) is 5.32 Å². The van der Waals surface area contributed by atoms with Crippen LogP contribution in [-0.4, -0.2) is 4.98 Å². The summed E-state index contributed by atoms with van der Waals surface area (Å²) in [5, 5.41) is 5.76. The molecule has 0 radical (unpaired) electrons. The Balaban J connectivity index is 1.98. The summed E-state index contributed by atoms with van der Waals surface area (Å²) in [6.45, 7) is 0. The van der Waals surface area contributed by atoms with Crippen molar-refractivity contribution in [3.63, 3.8) is 0 Å². The van der Waals surface area contributed by atoms with Gasteiger partial charge in [-0.05, 0) is 24.3 Å². The summed E-state index contributed by atoms with van der Waals surface area (Å²) in [6, 6.07) is 7.38.